The molecule has 3 nitrogen and oxygen atoms in total. The number of methoxy groups -OCH3 is 1. The zero-order chi connectivity index (χ0) is 14.1. The molecule has 102 valence electrons. The summed E-state index contributed by atoms with van der Waals surface area (Å²) >= 11 is 1.69. The van der Waals surface area contributed by atoms with Crippen molar-refractivity contribution in [1.82, 2.24) is 4.98 Å². The third-order valence-corrected chi connectivity index (χ3v) is 4.33. The Bertz CT molecular complexity index is 764. The first kappa shape index (κ1) is 13.1. The molecule has 3 aromatic rings. The maximum Gasteiger partial charge on any atom is 0.137 e. The van der Waals surface area contributed by atoms with E-state index in [-0.39, 0.29) is 6.61 Å². The summed E-state index contributed by atoms with van der Waals surface area (Å²) in [7, 11) is 1.64. The van der Waals surface area contributed by atoms with E-state index < -0.39 is 0 Å². The third kappa shape index (κ3) is 2.17. The second-order valence-corrected chi connectivity index (χ2v) is 5.59. The van der Waals surface area contributed by atoms with Crippen molar-refractivity contribution in [3.8, 4) is 17.0 Å². The van der Waals surface area contributed by atoms with Crippen molar-refractivity contribution in [2.45, 2.75) is 13.5 Å². The van der Waals surface area contributed by atoms with Gasteiger partial charge in [-0.15, -0.1) is 11.3 Å². The summed E-state index contributed by atoms with van der Waals surface area (Å²) < 4.78 is 6.40. The quantitative estimate of drug-likeness (QED) is 0.796. The Balaban J connectivity index is 2.18. The molecule has 0 radical (unpaired) electrons. The number of aryl methyl sites for hydroxylation is 1. The largest absolute Gasteiger partial charge is 0.495 e. The Morgan fingerprint density at radius 3 is 2.85 bits per heavy atom. The van der Waals surface area contributed by atoms with E-state index in [1.807, 2.05) is 31.2 Å². The summed E-state index contributed by atoms with van der Waals surface area (Å²) in [6, 6.07) is 8.03. The highest BCUT2D eigenvalue weighted by atomic mass is 32.1. The molecule has 0 saturated carbocycles. The van der Waals surface area contributed by atoms with Gasteiger partial charge in [0.1, 0.15) is 5.75 Å². The highest BCUT2D eigenvalue weighted by molar-refractivity contribution is 7.17. The minimum Gasteiger partial charge on any atom is -0.495 e. The predicted molar refractivity (Wildman–Crippen MR) is 82.3 cm³/mol. The molecule has 3 rings (SSSR count). The lowest BCUT2D eigenvalue weighted by Gasteiger charge is -2.07. The van der Waals surface area contributed by atoms with Crippen LogP contribution in [0.2, 0.25) is 0 Å². The first-order chi connectivity index (χ1) is 9.72. The van der Waals surface area contributed by atoms with E-state index in [1.165, 1.54) is 4.70 Å². The fourth-order valence-electron chi connectivity index (χ4n) is 2.30. The van der Waals surface area contributed by atoms with Gasteiger partial charge in [0.05, 0.1) is 25.6 Å². The van der Waals surface area contributed by atoms with Gasteiger partial charge in [-0.3, -0.25) is 4.98 Å². The smallest absolute Gasteiger partial charge is 0.137 e. The van der Waals surface area contributed by atoms with E-state index in [0.717, 1.165) is 33.5 Å². The van der Waals surface area contributed by atoms with Crippen molar-refractivity contribution in [2.75, 3.05) is 7.11 Å². The van der Waals surface area contributed by atoms with E-state index in [1.54, 1.807) is 24.6 Å². The maximum absolute atomic E-state index is 9.29. The van der Waals surface area contributed by atoms with Gasteiger partial charge in [0.2, 0.25) is 0 Å². The minimum atomic E-state index is 0.0558. The molecule has 0 unspecified atom stereocenters. The van der Waals surface area contributed by atoms with Crippen molar-refractivity contribution in [1.29, 1.82) is 0 Å². The van der Waals surface area contributed by atoms with Crippen molar-refractivity contribution < 1.29 is 9.84 Å². The number of rotatable bonds is 3. The van der Waals surface area contributed by atoms with Gasteiger partial charge in [-0.1, -0.05) is 6.07 Å². The van der Waals surface area contributed by atoms with Crippen molar-refractivity contribution in [3.63, 3.8) is 0 Å². The van der Waals surface area contributed by atoms with E-state index in [0.29, 0.717) is 0 Å². The Hall–Kier alpha value is -1.91. The zero-order valence-corrected chi connectivity index (χ0v) is 12.2. The number of aliphatic hydroxyl groups excluding tert-OH is 1. The second-order valence-electron chi connectivity index (χ2n) is 4.68. The molecule has 20 heavy (non-hydrogen) atoms. The molecule has 0 fully saturated rings. The van der Waals surface area contributed by atoms with Crippen LogP contribution in [0.3, 0.4) is 0 Å². The number of pyridine rings is 1. The number of aliphatic hydroxyl groups is 1. The molecule has 0 aliphatic rings. The maximum atomic E-state index is 9.29. The lowest BCUT2D eigenvalue weighted by molar-refractivity contribution is 0.282. The molecule has 1 N–H and O–H groups in total. The summed E-state index contributed by atoms with van der Waals surface area (Å²) in [5.74, 6) is 0.766. The lowest BCUT2D eigenvalue weighted by atomic mass is 10.0. The number of hydrogen-bond donors (Lipinski definition) is 1. The topological polar surface area (TPSA) is 42.4 Å². The molecule has 0 aliphatic heterocycles. The Labute approximate surface area is 121 Å². The third-order valence-electron chi connectivity index (χ3n) is 3.36. The SMILES string of the molecule is COc1cnc(-c2csc3ccc(CO)cc23)c(C)c1. The number of fused-ring (bicyclic) bond motifs is 1. The summed E-state index contributed by atoms with van der Waals surface area (Å²) in [4.78, 5) is 4.52. The summed E-state index contributed by atoms with van der Waals surface area (Å²) in [6.45, 7) is 2.09. The van der Waals surface area contributed by atoms with Crippen LogP contribution in [0.4, 0.5) is 0 Å². The molecule has 0 aliphatic carbocycles. The molecule has 0 bridgehead atoms. The standard InChI is InChI=1S/C16H15NO2S/c1-10-5-12(19-2)7-17-16(10)14-9-20-15-4-3-11(8-18)6-13(14)15/h3-7,9,18H,8H2,1-2H3. The Morgan fingerprint density at radius 2 is 2.15 bits per heavy atom. The molecule has 4 heteroatoms. The monoisotopic (exact) mass is 285 g/mol. The van der Waals surface area contributed by atoms with Crippen LogP contribution in [0.5, 0.6) is 5.75 Å². The number of hydrogen-bond acceptors (Lipinski definition) is 4. The van der Waals surface area contributed by atoms with Gasteiger partial charge in [0.25, 0.3) is 0 Å². The normalized spacial score (nSPS) is 10.9. The van der Waals surface area contributed by atoms with Crippen LogP contribution in [-0.2, 0) is 6.61 Å². The fraction of sp³-hybridized carbons (Fsp3) is 0.188. The number of thiophene rings is 1. The number of ether oxygens (including phenoxy) is 1. The van der Waals surface area contributed by atoms with Crippen LogP contribution in [0, 0.1) is 6.92 Å². The van der Waals surface area contributed by atoms with Gasteiger partial charge in [-0.05, 0) is 36.2 Å². The lowest BCUT2D eigenvalue weighted by Crippen LogP contribution is -1.91. The van der Waals surface area contributed by atoms with Crippen LogP contribution in [-0.4, -0.2) is 17.2 Å². The summed E-state index contributed by atoms with van der Waals surface area (Å²) in [5.41, 5.74) is 4.08. The second kappa shape index (κ2) is 5.23. The molecule has 2 aromatic heterocycles. The van der Waals surface area contributed by atoms with Gasteiger partial charge in [-0.2, -0.15) is 0 Å². The van der Waals surface area contributed by atoms with Crippen LogP contribution in [0.1, 0.15) is 11.1 Å². The van der Waals surface area contributed by atoms with Crippen LogP contribution >= 0.6 is 11.3 Å². The van der Waals surface area contributed by atoms with E-state index in [9.17, 15) is 5.11 Å². The van der Waals surface area contributed by atoms with Gasteiger partial charge in [-0.25, -0.2) is 0 Å². The average molecular weight is 285 g/mol. The van der Waals surface area contributed by atoms with Gasteiger partial charge in [0, 0.05) is 21.0 Å². The minimum absolute atomic E-state index is 0.0558. The molecule has 0 spiro atoms. The van der Waals surface area contributed by atoms with Crippen molar-refractivity contribution in [3.05, 3.63) is 47.0 Å². The Kier molecular flexibility index (Phi) is 3.42. The molecule has 0 amide bonds. The van der Waals surface area contributed by atoms with Crippen molar-refractivity contribution >= 4 is 21.4 Å². The average Bonchev–Trinajstić information content (AvgIpc) is 2.89. The number of aromatic nitrogens is 1. The predicted octanol–water partition coefficient (Wildman–Crippen LogP) is 3.77. The summed E-state index contributed by atoms with van der Waals surface area (Å²) in [6.07, 6.45) is 1.74. The summed E-state index contributed by atoms with van der Waals surface area (Å²) in [5, 5.41) is 12.5. The van der Waals surface area contributed by atoms with Gasteiger partial charge >= 0.3 is 0 Å². The Morgan fingerprint density at radius 1 is 1.30 bits per heavy atom. The van der Waals surface area contributed by atoms with Gasteiger partial charge in [0.15, 0.2) is 0 Å². The van der Waals surface area contributed by atoms with E-state index >= 15 is 0 Å². The number of benzene rings is 1. The zero-order valence-electron chi connectivity index (χ0n) is 11.4. The number of nitrogens with zero attached hydrogens (tertiary/aromatic N) is 1. The molecule has 2 heterocycles. The van der Waals surface area contributed by atoms with Crippen LogP contribution in [0.15, 0.2) is 35.8 Å². The first-order valence-corrected chi connectivity index (χ1v) is 7.23. The molecule has 0 saturated heterocycles. The highest BCUT2D eigenvalue weighted by Gasteiger charge is 2.11. The molecule has 0 atom stereocenters. The van der Waals surface area contributed by atoms with E-state index in [4.69, 9.17) is 4.74 Å². The highest BCUT2D eigenvalue weighted by Crippen LogP contribution is 2.35. The van der Waals surface area contributed by atoms with Gasteiger partial charge < -0.3 is 9.84 Å². The van der Waals surface area contributed by atoms with Crippen molar-refractivity contribution in [2.24, 2.45) is 0 Å². The molecular formula is C16H15NO2S. The van der Waals surface area contributed by atoms with Crippen LogP contribution < -0.4 is 4.74 Å². The fourth-order valence-corrected chi connectivity index (χ4v) is 3.23. The van der Waals surface area contributed by atoms with Crippen LogP contribution in [0.25, 0.3) is 21.3 Å². The van der Waals surface area contributed by atoms with E-state index in [2.05, 4.69) is 10.4 Å². The molecular weight excluding hydrogens is 270 g/mol. The first-order valence-electron chi connectivity index (χ1n) is 6.35. The molecule has 1 aromatic carbocycles.